The smallest absolute Gasteiger partial charge is 0.227 e. The molecule has 12 rings (SSSR count). The maximum Gasteiger partial charge on any atom is 0.227 e. The summed E-state index contributed by atoms with van der Waals surface area (Å²) >= 11 is 0. The van der Waals surface area contributed by atoms with Crippen LogP contribution in [0.25, 0.3) is 99.5 Å². The standard InChI is InChI=1S/C53H32N2O3/c1-2-10-36(11-3-1)53-54-46-28-30-49-51(52(46)58-53)45-31-37(21-29-48(45)56-49)33-17-22-38(23-18-33)55(40-26-27-44-43-14-6-7-16-47(43)57-50(44)32-40)39-24-19-35(20-25-39)42-15-8-12-34-9-4-5-13-41(34)42/h1-32H. The van der Waals surface area contributed by atoms with E-state index in [-0.39, 0.29) is 0 Å². The Morgan fingerprint density at radius 1 is 0.362 bits per heavy atom. The van der Waals surface area contributed by atoms with Crippen molar-refractivity contribution in [2.75, 3.05) is 4.90 Å². The van der Waals surface area contributed by atoms with Crippen LogP contribution in [-0.2, 0) is 0 Å². The van der Waals surface area contributed by atoms with Gasteiger partial charge in [-0.15, -0.1) is 0 Å². The molecule has 0 radical (unpaired) electrons. The molecule has 0 aliphatic carbocycles. The Balaban J connectivity index is 0.952. The summed E-state index contributed by atoms with van der Waals surface area (Å²) < 4.78 is 19.1. The SMILES string of the molecule is c1ccc(-c2nc3ccc4oc5ccc(-c6ccc(N(c7ccc(-c8cccc9ccccc89)cc7)c7ccc8c(c7)oc7ccccc78)cc6)cc5c4c3o2)cc1. The van der Waals surface area contributed by atoms with Gasteiger partial charge in [0.05, 0.1) is 5.39 Å². The third-order valence-electron chi connectivity index (χ3n) is 11.3. The quantitative estimate of drug-likeness (QED) is 0.170. The minimum atomic E-state index is 0.594. The molecule has 0 aliphatic rings. The predicted octanol–water partition coefficient (Wildman–Crippen LogP) is 15.3. The van der Waals surface area contributed by atoms with Crippen molar-refractivity contribution in [3.63, 3.8) is 0 Å². The first-order chi connectivity index (χ1) is 28.7. The van der Waals surface area contributed by atoms with Gasteiger partial charge in [0.2, 0.25) is 5.89 Å². The molecule has 3 aromatic heterocycles. The number of para-hydroxylation sites is 1. The van der Waals surface area contributed by atoms with Crippen LogP contribution in [0.1, 0.15) is 0 Å². The molecule has 0 saturated carbocycles. The van der Waals surface area contributed by atoms with Gasteiger partial charge in [-0.1, -0.05) is 109 Å². The van der Waals surface area contributed by atoms with Crippen LogP contribution in [-0.4, -0.2) is 4.98 Å². The van der Waals surface area contributed by atoms with Gasteiger partial charge in [0.15, 0.2) is 5.58 Å². The zero-order chi connectivity index (χ0) is 38.2. The number of rotatable bonds is 6. The Kier molecular flexibility index (Phi) is 7.16. The Morgan fingerprint density at radius 2 is 1.00 bits per heavy atom. The summed E-state index contributed by atoms with van der Waals surface area (Å²) in [6.07, 6.45) is 0. The summed E-state index contributed by atoms with van der Waals surface area (Å²) in [5.41, 5.74) is 13.4. The second kappa shape index (κ2) is 12.8. The fourth-order valence-electron chi connectivity index (χ4n) is 8.50. The highest BCUT2D eigenvalue weighted by Gasteiger charge is 2.19. The molecule has 0 atom stereocenters. The van der Waals surface area contributed by atoms with E-state index < -0.39 is 0 Å². The van der Waals surface area contributed by atoms with E-state index in [2.05, 4.69) is 138 Å². The van der Waals surface area contributed by atoms with Crippen molar-refractivity contribution in [1.29, 1.82) is 0 Å². The van der Waals surface area contributed by atoms with E-state index in [1.54, 1.807) is 0 Å². The predicted molar refractivity (Wildman–Crippen MR) is 237 cm³/mol. The van der Waals surface area contributed by atoms with Crippen molar-refractivity contribution in [2.24, 2.45) is 0 Å². The average molecular weight is 745 g/mol. The van der Waals surface area contributed by atoms with Gasteiger partial charge in [-0.2, -0.15) is 0 Å². The fraction of sp³-hybridized carbons (Fsp3) is 0. The Bertz CT molecular complexity index is 3500. The van der Waals surface area contributed by atoms with Crippen molar-refractivity contribution in [2.45, 2.75) is 0 Å². The lowest BCUT2D eigenvalue weighted by Crippen LogP contribution is -2.09. The maximum atomic E-state index is 6.42. The monoisotopic (exact) mass is 744 g/mol. The van der Waals surface area contributed by atoms with Gasteiger partial charge in [0, 0.05) is 44.9 Å². The molecule has 58 heavy (non-hydrogen) atoms. The lowest BCUT2D eigenvalue weighted by atomic mass is 9.98. The molecule has 0 amide bonds. The van der Waals surface area contributed by atoms with Crippen LogP contribution in [0.3, 0.4) is 0 Å². The molecule has 5 heteroatoms. The molecule has 0 saturated heterocycles. The second-order valence-corrected chi connectivity index (χ2v) is 14.7. The number of hydrogen-bond acceptors (Lipinski definition) is 5. The molecule has 272 valence electrons. The highest BCUT2D eigenvalue weighted by atomic mass is 16.4. The Morgan fingerprint density at radius 3 is 1.84 bits per heavy atom. The van der Waals surface area contributed by atoms with Gasteiger partial charge in [-0.25, -0.2) is 4.98 Å². The minimum Gasteiger partial charge on any atom is -0.456 e. The number of anilines is 3. The molecular weight excluding hydrogens is 713 g/mol. The molecular formula is C53H32N2O3. The van der Waals surface area contributed by atoms with Crippen LogP contribution in [0, 0.1) is 0 Å². The number of furan rings is 2. The van der Waals surface area contributed by atoms with E-state index in [9.17, 15) is 0 Å². The maximum absolute atomic E-state index is 6.42. The molecule has 0 aliphatic heterocycles. The number of oxazole rings is 1. The van der Waals surface area contributed by atoms with Crippen molar-refractivity contribution in [3.8, 4) is 33.7 Å². The summed E-state index contributed by atoms with van der Waals surface area (Å²) in [6.45, 7) is 0. The summed E-state index contributed by atoms with van der Waals surface area (Å²) in [6, 6.07) is 67.7. The first-order valence-electron chi connectivity index (χ1n) is 19.4. The van der Waals surface area contributed by atoms with Gasteiger partial charge in [0.25, 0.3) is 0 Å². The molecule has 0 bridgehead atoms. The molecule has 0 fully saturated rings. The number of hydrogen-bond donors (Lipinski definition) is 0. The largest absolute Gasteiger partial charge is 0.456 e. The van der Waals surface area contributed by atoms with Crippen LogP contribution >= 0.6 is 0 Å². The van der Waals surface area contributed by atoms with Crippen molar-refractivity contribution < 1.29 is 13.3 Å². The van der Waals surface area contributed by atoms with Crippen LogP contribution in [0.5, 0.6) is 0 Å². The highest BCUT2D eigenvalue weighted by molar-refractivity contribution is 6.17. The van der Waals surface area contributed by atoms with E-state index in [1.165, 1.54) is 21.9 Å². The number of nitrogens with zero attached hydrogens (tertiary/aromatic N) is 2. The zero-order valence-electron chi connectivity index (χ0n) is 31.1. The van der Waals surface area contributed by atoms with Gasteiger partial charge >= 0.3 is 0 Å². The summed E-state index contributed by atoms with van der Waals surface area (Å²) in [7, 11) is 0. The third kappa shape index (κ3) is 5.21. The molecule has 5 nitrogen and oxygen atoms in total. The highest BCUT2D eigenvalue weighted by Crippen LogP contribution is 2.42. The lowest BCUT2D eigenvalue weighted by Gasteiger charge is -2.26. The molecule has 0 N–H and O–H groups in total. The normalized spacial score (nSPS) is 11.8. The van der Waals surface area contributed by atoms with E-state index in [0.717, 1.165) is 88.7 Å². The first kappa shape index (κ1) is 32.4. The first-order valence-corrected chi connectivity index (χ1v) is 19.4. The van der Waals surface area contributed by atoms with E-state index in [4.69, 9.17) is 18.2 Å². The van der Waals surface area contributed by atoms with Crippen LogP contribution in [0.4, 0.5) is 17.1 Å². The molecule has 3 heterocycles. The summed E-state index contributed by atoms with van der Waals surface area (Å²) in [5.74, 6) is 0.594. The van der Waals surface area contributed by atoms with Crippen LogP contribution < -0.4 is 4.90 Å². The third-order valence-corrected chi connectivity index (χ3v) is 11.3. The van der Waals surface area contributed by atoms with E-state index >= 15 is 0 Å². The Labute approximate surface area is 332 Å². The molecule has 0 spiro atoms. The van der Waals surface area contributed by atoms with Crippen molar-refractivity contribution in [1.82, 2.24) is 4.98 Å². The molecule has 0 unspecified atom stereocenters. The van der Waals surface area contributed by atoms with Crippen LogP contribution in [0.15, 0.2) is 207 Å². The van der Waals surface area contributed by atoms with E-state index in [1.807, 2.05) is 60.7 Å². The lowest BCUT2D eigenvalue weighted by molar-refractivity contribution is 0.622. The van der Waals surface area contributed by atoms with Crippen molar-refractivity contribution >= 4 is 82.8 Å². The summed E-state index contributed by atoms with van der Waals surface area (Å²) in [4.78, 5) is 7.11. The molecule has 9 aromatic carbocycles. The minimum absolute atomic E-state index is 0.594. The van der Waals surface area contributed by atoms with Crippen LogP contribution in [0.2, 0.25) is 0 Å². The molecule has 12 aromatic rings. The Hall–Kier alpha value is -7.89. The average Bonchev–Trinajstić information content (AvgIpc) is 4.00. The second-order valence-electron chi connectivity index (χ2n) is 14.7. The van der Waals surface area contributed by atoms with Gasteiger partial charge in [-0.3, -0.25) is 0 Å². The van der Waals surface area contributed by atoms with Gasteiger partial charge in [-0.05, 0) is 112 Å². The topological polar surface area (TPSA) is 55.6 Å². The number of benzene rings is 9. The number of fused-ring (bicyclic) bond motifs is 9. The number of aromatic nitrogens is 1. The van der Waals surface area contributed by atoms with E-state index in [0.29, 0.717) is 5.89 Å². The van der Waals surface area contributed by atoms with Gasteiger partial charge < -0.3 is 18.2 Å². The fourth-order valence-corrected chi connectivity index (χ4v) is 8.50. The van der Waals surface area contributed by atoms with Gasteiger partial charge in [0.1, 0.15) is 27.8 Å². The van der Waals surface area contributed by atoms with Crippen molar-refractivity contribution in [3.05, 3.63) is 194 Å². The summed E-state index contributed by atoms with van der Waals surface area (Å²) in [5, 5.41) is 6.60. The zero-order valence-corrected chi connectivity index (χ0v) is 31.1.